The van der Waals surface area contributed by atoms with Crippen LogP contribution < -0.4 is 0 Å². The van der Waals surface area contributed by atoms with Crippen molar-refractivity contribution in [2.75, 3.05) is 0 Å². The van der Waals surface area contributed by atoms with Crippen molar-refractivity contribution < 1.29 is 19.6 Å². The molecule has 18 heavy (non-hydrogen) atoms. The van der Waals surface area contributed by atoms with Gasteiger partial charge in [-0.3, -0.25) is 14.9 Å². The molecule has 0 bridgehead atoms. The number of benzene rings is 1. The number of aromatic carboxylic acids is 1. The second-order valence-corrected chi connectivity index (χ2v) is 3.87. The lowest BCUT2D eigenvalue weighted by molar-refractivity contribution is -0.385. The first-order chi connectivity index (χ1) is 8.45. The maximum atomic E-state index is 11.5. The second kappa shape index (κ2) is 5.90. The van der Waals surface area contributed by atoms with Crippen molar-refractivity contribution in [3.8, 4) is 0 Å². The van der Waals surface area contributed by atoms with Crippen molar-refractivity contribution in [2.24, 2.45) is 0 Å². The lowest BCUT2D eigenvalue weighted by atomic mass is 10.0. The first-order valence-electron chi connectivity index (χ1n) is 5.48. The Kier molecular flexibility index (Phi) is 4.53. The molecule has 0 radical (unpaired) electrons. The predicted octanol–water partition coefficient (Wildman–Crippen LogP) is 2.20. The first kappa shape index (κ1) is 13.8. The Morgan fingerprint density at radius 2 is 2.06 bits per heavy atom. The van der Waals surface area contributed by atoms with Crippen molar-refractivity contribution in [3.63, 3.8) is 0 Å². The molecule has 0 aromatic heterocycles. The molecular formula is C12H13NO5. The monoisotopic (exact) mass is 251 g/mol. The third kappa shape index (κ3) is 3.38. The minimum absolute atomic E-state index is 0.0556. The topological polar surface area (TPSA) is 97.5 Å². The van der Waals surface area contributed by atoms with Crippen LogP contribution in [-0.4, -0.2) is 21.8 Å². The third-order valence-electron chi connectivity index (χ3n) is 2.44. The maximum absolute atomic E-state index is 11.5. The van der Waals surface area contributed by atoms with Gasteiger partial charge in [-0.05, 0) is 18.6 Å². The van der Waals surface area contributed by atoms with Crippen molar-refractivity contribution in [1.29, 1.82) is 0 Å². The van der Waals surface area contributed by atoms with E-state index in [1.807, 2.05) is 6.92 Å². The molecule has 96 valence electrons. The number of ketones is 1. The molecule has 6 nitrogen and oxygen atoms in total. The van der Waals surface area contributed by atoms with Crippen molar-refractivity contribution in [2.45, 2.75) is 26.2 Å². The summed E-state index contributed by atoms with van der Waals surface area (Å²) in [5.41, 5.74) is -0.122. The SMILES string of the molecule is CCCC(=O)Cc1cc(C(=O)O)ccc1[N+](=O)[O-]. The van der Waals surface area contributed by atoms with Crippen LogP contribution in [0.2, 0.25) is 0 Å². The fourth-order valence-corrected chi connectivity index (χ4v) is 1.62. The molecular weight excluding hydrogens is 238 g/mol. The lowest BCUT2D eigenvalue weighted by Crippen LogP contribution is -2.07. The van der Waals surface area contributed by atoms with E-state index in [0.29, 0.717) is 12.8 Å². The Labute approximate surface area is 103 Å². The predicted molar refractivity (Wildman–Crippen MR) is 63.7 cm³/mol. The highest BCUT2D eigenvalue weighted by atomic mass is 16.6. The summed E-state index contributed by atoms with van der Waals surface area (Å²) in [4.78, 5) is 32.5. The Balaban J connectivity index is 3.11. The molecule has 1 N–H and O–H groups in total. The number of nitro groups is 1. The van der Waals surface area contributed by atoms with Crippen LogP contribution in [-0.2, 0) is 11.2 Å². The van der Waals surface area contributed by atoms with Gasteiger partial charge in [0.1, 0.15) is 5.78 Å². The molecule has 0 saturated heterocycles. The molecule has 0 unspecified atom stereocenters. The summed E-state index contributed by atoms with van der Waals surface area (Å²) in [6, 6.07) is 3.47. The average molecular weight is 251 g/mol. The molecule has 0 aliphatic heterocycles. The quantitative estimate of drug-likeness (QED) is 0.617. The Morgan fingerprint density at radius 3 is 2.56 bits per heavy atom. The number of nitro benzene ring substituents is 1. The molecule has 0 spiro atoms. The fraction of sp³-hybridized carbons (Fsp3) is 0.333. The number of nitrogens with zero attached hydrogens (tertiary/aromatic N) is 1. The summed E-state index contributed by atoms with van der Waals surface area (Å²) in [5.74, 6) is -1.31. The first-order valence-corrected chi connectivity index (χ1v) is 5.48. The van der Waals surface area contributed by atoms with E-state index in [-0.39, 0.29) is 29.0 Å². The summed E-state index contributed by atoms with van der Waals surface area (Å²) in [5, 5.41) is 19.6. The zero-order valence-electron chi connectivity index (χ0n) is 9.88. The molecule has 6 heteroatoms. The number of hydrogen-bond donors (Lipinski definition) is 1. The highest BCUT2D eigenvalue weighted by molar-refractivity contribution is 5.89. The van der Waals surface area contributed by atoms with E-state index >= 15 is 0 Å². The number of carboxylic acids is 1. The number of rotatable bonds is 6. The summed E-state index contributed by atoms with van der Waals surface area (Å²) in [7, 11) is 0. The van der Waals surface area contributed by atoms with E-state index in [2.05, 4.69) is 0 Å². The highest BCUT2D eigenvalue weighted by Gasteiger charge is 2.18. The molecule has 0 aliphatic rings. The van der Waals surface area contributed by atoms with E-state index in [9.17, 15) is 19.7 Å². The molecule has 0 saturated carbocycles. The van der Waals surface area contributed by atoms with Crippen molar-refractivity contribution in [1.82, 2.24) is 0 Å². The molecule has 1 aromatic carbocycles. The van der Waals surface area contributed by atoms with E-state index in [4.69, 9.17) is 5.11 Å². The van der Waals surface area contributed by atoms with Crippen LogP contribution in [0.5, 0.6) is 0 Å². The molecule has 1 rings (SSSR count). The Hall–Kier alpha value is -2.24. The van der Waals surface area contributed by atoms with Gasteiger partial charge in [-0.15, -0.1) is 0 Å². The highest BCUT2D eigenvalue weighted by Crippen LogP contribution is 2.21. The average Bonchev–Trinajstić information content (AvgIpc) is 2.28. The zero-order chi connectivity index (χ0) is 13.7. The van der Waals surface area contributed by atoms with Gasteiger partial charge in [0, 0.05) is 24.5 Å². The van der Waals surface area contributed by atoms with Crippen LogP contribution in [0.25, 0.3) is 0 Å². The Morgan fingerprint density at radius 1 is 1.39 bits per heavy atom. The minimum Gasteiger partial charge on any atom is -0.478 e. The van der Waals surface area contributed by atoms with Crippen molar-refractivity contribution in [3.05, 3.63) is 39.4 Å². The molecule has 1 aromatic rings. The minimum atomic E-state index is -1.17. The number of carbonyl (C=O) groups is 2. The zero-order valence-corrected chi connectivity index (χ0v) is 9.88. The van der Waals surface area contributed by atoms with Gasteiger partial charge >= 0.3 is 5.97 Å². The number of Topliss-reactive ketones (excluding diaryl/α,β-unsaturated/α-hetero) is 1. The van der Waals surface area contributed by atoms with E-state index < -0.39 is 10.9 Å². The maximum Gasteiger partial charge on any atom is 0.335 e. The lowest BCUT2D eigenvalue weighted by Gasteiger charge is -2.03. The second-order valence-electron chi connectivity index (χ2n) is 3.87. The van der Waals surface area contributed by atoms with Crippen LogP contribution in [0.1, 0.15) is 35.7 Å². The number of carboxylic acid groups (broad SMARTS) is 1. The van der Waals surface area contributed by atoms with Gasteiger partial charge < -0.3 is 5.11 Å². The summed E-state index contributed by atoms with van der Waals surface area (Å²) >= 11 is 0. The van der Waals surface area contributed by atoms with Gasteiger partial charge in [0.2, 0.25) is 0 Å². The van der Waals surface area contributed by atoms with Gasteiger partial charge in [0.05, 0.1) is 10.5 Å². The van der Waals surface area contributed by atoms with E-state index in [1.165, 1.54) is 6.07 Å². The van der Waals surface area contributed by atoms with E-state index in [1.54, 1.807) is 0 Å². The largest absolute Gasteiger partial charge is 0.478 e. The molecule has 0 amide bonds. The van der Waals surface area contributed by atoms with Gasteiger partial charge in [-0.25, -0.2) is 4.79 Å². The van der Waals surface area contributed by atoms with Gasteiger partial charge in [0.15, 0.2) is 0 Å². The fourth-order valence-electron chi connectivity index (χ4n) is 1.62. The molecule has 0 heterocycles. The van der Waals surface area contributed by atoms with Crippen LogP contribution in [0.4, 0.5) is 5.69 Å². The molecule has 0 fully saturated rings. The van der Waals surface area contributed by atoms with Crippen LogP contribution in [0.3, 0.4) is 0 Å². The van der Waals surface area contributed by atoms with Gasteiger partial charge in [-0.2, -0.15) is 0 Å². The smallest absolute Gasteiger partial charge is 0.335 e. The number of carbonyl (C=O) groups excluding carboxylic acids is 1. The summed E-state index contributed by atoms with van der Waals surface area (Å²) < 4.78 is 0. The standard InChI is InChI=1S/C12H13NO5/c1-2-3-10(14)7-9-6-8(12(15)16)4-5-11(9)13(17)18/h4-6H,2-3,7H2,1H3,(H,15,16). The van der Waals surface area contributed by atoms with Crippen LogP contribution in [0.15, 0.2) is 18.2 Å². The van der Waals surface area contributed by atoms with Gasteiger partial charge in [0.25, 0.3) is 5.69 Å². The summed E-state index contributed by atoms with van der Waals surface area (Å²) in [6.07, 6.45) is 0.880. The normalized spacial score (nSPS) is 10.1. The third-order valence-corrected chi connectivity index (χ3v) is 2.44. The number of hydrogen-bond acceptors (Lipinski definition) is 4. The van der Waals surface area contributed by atoms with Crippen molar-refractivity contribution >= 4 is 17.4 Å². The van der Waals surface area contributed by atoms with Crippen LogP contribution >= 0.6 is 0 Å². The molecule has 0 aliphatic carbocycles. The Bertz CT molecular complexity index is 495. The van der Waals surface area contributed by atoms with Crippen LogP contribution in [0, 0.1) is 10.1 Å². The van der Waals surface area contributed by atoms with Gasteiger partial charge in [-0.1, -0.05) is 6.92 Å². The summed E-state index contributed by atoms with van der Waals surface area (Å²) in [6.45, 7) is 1.83. The molecule has 0 atom stereocenters. The van der Waals surface area contributed by atoms with E-state index in [0.717, 1.165) is 12.1 Å².